The Bertz CT molecular complexity index is 875. The molecule has 1 aliphatic rings. The number of nitrogens with zero attached hydrogens (tertiary/aromatic N) is 3. The smallest absolute Gasteiger partial charge is 0.221 e. The summed E-state index contributed by atoms with van der Waals surface area (Å²) in [4.78, 5) is 10.5. The molecule has 1 aromatic heterocycles. The van der Waals surface area contributed by atoms with Crippen molar-refractivity contribution in [2.24, 2.45) is 0 Å². The van der Waals surface area contributed by atoms with Gasteiger partial charge in [-0.2, -0.15) is 4.98 Å². The largest absolute Gasteiger partial charge is 0.379 e. The molecule has 9 heteroatoms. The molecule has 3 rings (SSSR count). The fourth-order valence-electron chi connectivity index (χ4n) is 2.84. The molecule has 1 atom stereocenters. The third-order valence-electron chi connectivity index (χ3n) is 4.05. The molecule has 2 aromatic rings. The van der Waals surface area contributed by atoms with Crippen molar-refractivity contribution in [3.8, 4) is 0 Å². The van der Waals surface area contributed by atoms with Crippen LogP contribution in [-0.4, -0.2) is 44.4 Å². The first-order valence-corrected chi connectivity index (χ1v) is 10.1. The second kappa shape index (κ2) is 7.15. The van der Waals surface area contributed by atoms with Gasteiger partial charge < -0.3 is 15.4 Å². The molecule has 0 radical (unpaired) electrons. The lowest BCUT2D eigenvalue weighted by molar-refractivity contribution is 0.134. The van der Waals surface area contributed by atoms with Crippen molar-refractivity contribution >= 4 is 33.2 Å². The molecule has 7 nitrogen and oxygen atoms in total. The number of anilines is 2. The second-order valence-corrected chi connectivity index (χ2v) is 8.29. The van der Waals surface area contributed by atoms with Gasteiger partial charge in [0, 0.05) is 30.6 Å². The molecule has 1 saturated heterocycles. The van der Waals surface area contributed by atoms with Gasteiger partial charge in [0.15, 0.2) is 9.84 Å². The zero-order valence-corrected chi connectivity index (χ0v) is 15.3. The normalized spacial score (nSPS) is 18.8. The van der Waals surface area contributed by atoms with E-state index in [0.717, 1.165) is 18.2 Å². The molecule has 0 bridgehead atoms. The van der Waals surface area contributed by atoms with Crippen LogP contribution in [0.1, 0.15) is 18.0 Å². The first-order valence-electron chi connectivity index (χ1n) is 7.78. The van der Waals surface area contributed by atoms with E-state index in [0.29, 0.717) is 30.6 Å². The summed E-state index contributed by atoms with van der Waals surface area (Å²) in [5.74, 6) is 0.881. The van der Waals surface area contributed by atoms with E-state index in [9.17, 15) is 8.42 Å². The molecule has 1 unspecified atom stereocenters. The number of sulfone groups is 1. The minimum Gasteiger partial charge on any atom is -0.379 e. The first-order chi connectivity index (χ1) is 11.9. The second-order valence-electron chi connectivity index (χ2n) is 5.87. The van der Waals surface area contributed by atoms with Crippen LogP contribution < -0.4 is 10.6 Å². The zero-order valence-electron chi connectivity index (χ0n) is 13.7. The van der Waals surface area contributed by atoms with Crippen molar-refractivity contribution in [3.05, 3.63) is 41.0 Å². The molecular weight excluding hydrogens is 364 g/mol. The summed E-state index contributed by atoms with van der Waals surface area (Å²) in [5, 5.41) is 0.380. The Morgan fingerprint density at radius 1 is 1.36 bits per heavy atom. The van der Waals surface area contributed by atoms with Crippen molar-refractivity contribution in [2.75, 3.05) is 36.6 Å². The molecule has 1 aromatic carbocycles. The van der Waals surface area contributed by atoms with Crippen LogP contribution in [0.4, 0.5) is 11.8 Å². The van der Waals surface area contributed by atoms with Crippen LogP contribution >= 0.6 is 11.6 Å². The molecule has 0 spiro atoms. The monoisotopic (exact) mass is 382 g/mol. The number of hydrogen-bond acceptors (Lipinski definition) is 7. The van der Waals surface area contributed by atoms with E-state index >= 15 is 0 Å². The van der Waals surface area contributed by atoms with Crippen molar-refractivity contribution in [3.63, 3.8) is 0 Å². The lowest BCUT2D eigenvalue weighted by atomic mass is 10.1. The number of hydrogen-bond donors (Lipinski definition) is 1. The summed E-state index contributed by atoms with van der Waals surface area (Å²) in [5.41, 5.74) is 6.50. The first kappa shape index (κ1) is 17.9. The van der Waals surface area contributed by atoms with E-state index in [1.165, 1.54) is 6.07 Å². The highest BCUT2D eigenvalue weighted by molar-refractivity contribution is 7.90. The Labute approximate surface area is 151 Å². The van der Waals surface area contributed by atoms with Gasteiger partial charge in [-0.05, 0) is 30.2 Å². The summed E-state index contributed by atoms with van der Waals surface area (Å²) in [6, 6.07) is 6.36. The van der Waals surface area contributed by atoms with Crippen LogP contribution in [0.25, 0.3) is 0 Å². The number of aromatic nitrogens is 2. The van der Waals surface area contributed by atoms with Gasteiger partial charge in [0.2, 0.25) is 5.95 Å². The van der Waals surface area contributed by atoms with E-state index in [1.807, 2.05) is 0 Å². The molecule has 0 aliphatic carbocycles. The van der Waals surface area contributed by atoms with Crippen molar-refractivity contribution in [1.82, 2.24) is 9.97 Å². The van der Waals surface area contributed by atoms with E-state index < -0.39 is 9.84 Å². The Hall–Kier alpha value is -1.90. The van der Waals surface area contributed by atoms with Gasteiger partial charge in [0.1, 0.15) is 5.82 Å². The minimum absolute atomic E-state index is 0.189. The lowest BCUT2D eigenvalue weighted by Crippen LogP contribution is -2.31. The number of benzene rings is 1. The summed E-state index contributed by atoms with van der Waals surface area (Å²) < 4.78 is 29.2. The average Bonchev–Trinajstić information content (AvgIpc) is 2.79. The summed E-state index contributed by atoms with van der Waals surface area (Å²) in [7, 11) is -3.32. The quantitative estimate of drug-likeness (QED) is 0.867. The summed E-state index contributed by atoms with van der Waals surface area (Å²) >= 11 is 6.40. The van der Waals surface area contributed by atoms with Crippen molar-refractivity contribution < 1.29 is 13.2 Å². The Morgan fingerprint density at radius 2 is 2.16 bits per heavy atom. The standard InChI is InChI=1S/C16H19ClN4O3S/c1-25(22,23)11-3-4-12(13(17)9-11)14-10-24-8-2-7-21(14)15-5-6-19-16(18)20-15/h3-6,9,14H,2,7-8,10H2,1H3,(H2,18,19,20). The fraction of sp³-hybridized carbons (Fsp3) is 0.375. The van der Waals surface area contributed by atoms with Crippen LogP contribution in [-0.2, 0) is 14.6 Å². The van der Waals surface area contributed by atoms with Crippen LogP contribution in [0.5, 0.6) is 0 Å². The highest BCUT2D eigenvalue weighted by Crippen LogP contribution is 2.33. The van der Waals surface area contributed by atoms with E-state index in [2.05, 4.69) is 14.9 Å². The summed E-state index contributed by atoms with van der Waals surface area (Å²) in [6.45, 7) is 1.76. The van der Waals surface area contributed by atoms with Crippen LogP contribution in [0.15, 0.2) is 35.4 Å². The van der Waals surface area contributed by atoms with Gasteiger partial charge in [-0.15, -0.1) is 0 Å². The topological polar surface area (TPSA) is 98.4 Å². The van der Waals surface area contributed by atoms with E-state index in [4.69, 9.17) is 22.1 Å². The lowest BCUT2D eigenvalue weighted by Gasteiger charge is -2.31. The Kier molecular flexibility index (Phi) is 5.12. The predicted octanol–water partition coefficient (Wildman–Crippen LogP) is 2.08. The molecule has 2 heterocycles. The Morgan fingerprint density at radius 3 is 2.84 bits per heavy atom. The van der Waals surface area contributed by atoms with Crippen molar-refractivity contribution in [2.45, 2.75) is 17.4 Å². The van der Waals surface area contributed by atoms with Gasteiger partial charge in [-0.3, -0.25) is 0 Å². The van der Waals surface area contributed by atoms with Crippen molar-refractivity contribution in [1.29, 1.82) is 0 Å². The molecule has 2 N–H and O–H groups in total. The van der Waals surface area contributed by atoms with E-state index in [-0.39, 0.29) is 16.9 Å². The van der Waals surface area contributed by atoms with Gasteiger partial charge >= 0.3 is 0 Å². The van der Waals surface area contributed by atoms with Gasteiger partial charge in [0.05, 0.1) is 17.5 Å². The zero-order chi connectivity index (χ0) is 18.0. The third kappa shape index (κ3) is 4.02. The number of rotatable bonds is 3. The highest BCUT2D eigenvalue weighted by atomic mass is 35.5. The number of nitrogen functional groups attached to an aromatic ring is 1. The molecule has 0 amide bonds. The highest BCUT2D eigenvalue weighted by Gasteiger charge is 2.27. The third-order valence-corrected chi connectivity index (χ3v) is 5.49. The Balaban J connectivity index is 2.02. The van der Waals surface area contributed by atoms with Gasteiger partial charge in [0.25, 0.3) is 0 Å². The molecule has 1 aliphatic heterocycles. The minimum atomic E-state index is -3.32. The number of halogens is 1. The maximum absolute atomic E-state index is 11.7. The molecule has 25 heavy (non-hydrogen) atoms. The van der Waals surface area contributed by atoms with Gasteiger partial charge in [-0.25, -0.2) is 13.4 Å². The van der Waals surface area contributed by atoms with Gasteiger partial charge in [-0.1, -0.05) is 17.7 Å². The number of nitrogens with two attached hydrogens (primary N) is 1. The molecule has 1 fully saturated rings. The molecule has 0 saturated carbocycles. The predicted molar refractivity (Wildman–Crippen MR) is 96.5 cm³/mol. The fourth-order valence-corrected chi connectivity index (χ4v) is 3.86. The van der Waals surface area contributed by atoms with E-state index in [1.54, 1.807) is 24.4 Å². The maximum atomic E-state index is 11.7. The van der Waals surface area contributed by atoms with Crippen LogP contribution in [0, 0.1) is 0 Å². The molecule has 134 valence electrons. The van der Waals surface area contributed by atoms with Crippen LogP contribution in [0.2, 0.25) is 5.02 Å². The SMILES string of the molecule is CS(=O)(=O)c1ccc(C2COCCCN2c2ccnc(N)n2)c(Cl)c1. The van der Waals surface area contributed by atoms with Crippen LogP contribution in [0.3, 0.4) is 0 Å². The maximum Gasteiger partial charge on any atom is 0.221 e. The average molecular weight is 383 g/mol. The summed E-state index contributed by atoms with van der Waals surface area (Å²) in [6.07, 6.45) is 3.59. The molecular formula is C16H19ClN4O3S. The number of ether oxygens (including phenoxy) is 1.